The van der Waals surface area contributed by atoms with E-state index in [1.54, 1.807) is 36.1 Å². The van der Waals surface area contributed by atoms with Crippen LogP contribution in [0.3, 0.4) is 0 Å². The van der Waals surface area contributed by atoms with Gasteiger partial charge in [-0.15, -0.1) is 0 Å². The number of carbonyl (C=O) groups excluding carboxylic acids is 2. The Morgan fingerprint density at radius 2 is 1.88 bits per heavy atom. The topological polar surface area (TPSA) is 124 Å². The third-order valence-electron chi connectivity index (χ3n) is 4.01. The molecule has 1 aliphatic rings. The first-order valence-electron chi connectivity index (χ1n) is 7.96. The number of carbonyl (C=O) groups is 2. The summed E-state index contributed by atoms with van der Waals surface area (Å²) in [5.41, 5.74) is 3.95. The summed E-state index contributed by atoms with van der Waals surface area (Å²) >= 11 is 0. The number of rotatable bonds is 4. The molecule has 2 rings (SSSR count). The van der Waals surface area contributed by atoms with Crippen LogP contribution in [0.15, 0.2) is 34.5 Å². The fraction of sp³-hybridized carbons (Fsp3) is 0.375. The first-order valence-corrected chi connectivity index (χ1v) is 7.96. The molecule has 9 nitrogen and oxygen atoms in total. The number of hydrogen-bond donors (Lipinski definition) is 4. The number of nitrogens with zero attached hydrogens (tertiary/aromatic N) is 3. The van der Waals surface area contributed by atoms with E-state index in [1.807, 2.05) is 0 Å². The second-order valence-corrected chi connectivity index (χ2v) is 5.70. The van der Waals surface area contributed by atoms with Gasteiger partial charge in [-0.3, -0.25) is 10.2 Å². The second kappa shape index (κ2) is 8.67. The van der Waals surface area contributed by atoms with Gasteiger partial charge in [0.15, 0.2) is 5.84 Å². The van der Waals surface area contributed by atoms with Gasteiger partial charge in [0.2, 0.25) is 5.91 Å². The zero-order valence-corrected chi connectivity index (χ0v) is 14.2. The van der Waals surface area contributed by atoms with E-state index >= 15 is 0 Å². The van der Waals surface area contributed by atoms with Gasteiger partial charge >= 0.3 is 6.03 Å². The zero-order valence-electron chi connectivity index (χ0n) is 14.2. The Balaban J connectivity index is 1.85. The number of urea groups is 1. The predicted molar refractivity (Wildman–Crippen MR) is 97.3 cm³/mol. The molecule has 0 radical (unpaired) electrons. The highest BCUT2D eigenvalue weighted by atomic mass is 16.2. The zero-order chi connectivity index (χ0) is 18.2. The molecule has 1 fully saturated rings. The number of likely N-dealkylation sites (tertiary alicyclic amines) is 1. The molecule has 9 heteroatoms. The maximum atomic E-state index is 12.1. The summed E-state index contributed by atoms with van der Waals surface area (Å²) in [7, 11) is 0. The van der Waals surface area contributed by atoms with Crippen molar-refractivity contribution in [1.82, 2.24) is 15.6 Å². The summed E-state index contributed by atoms with van der Waals surface area (Å²) in [5.74, 6) is 5.73. The highest BCUT2D eigenvalue weighted by Crippen LogP contribution is 2.12. The van der Waals surface area contributed by atoms with Crippen LogP contribution in [-0.4, -0.2) is 48.5 Å². The lowest BCUT2D eigenvalue weighted by molar-refractivity contribution is -0.129. The average molecular weight is 345 g/mol. The molecule has 0 unspecified atom stereocenters. The van der Waals surface area contributed by atoms with E-state index in [9.17, 15) is 9.59 Å². The maximum absolute atomic E-state index is 12.1. The van der Waals surface area contributed by atoms with E-state index < -0.39 is 0 Å². The van der Waals surface area contributed by atoms with E-state index in [0.29, 0.717) is 24.6 Å². The Bertz CT molecular complexity index is 649. The number of nitrogens with one attached hydrogen (secondary N) is 3. The Morgan fingerprint density at radius 1 is 1.24 bits per heavy atom. The minimum atomic E-state index is -0.271. The minimum absolute atomic E-state index is 0.0636. The summed E-state index contributed by atoms with van der Waals surface area (Å²) in [6, 6.07) is 6.78. The summed E-state index contributed by atoms with van der Waals surface area (Å²) in [4.78, 5) is 25.2. The average Bonchev–Trinajstić information content (AvgIpc) is 2.61. The summed E-state index contributed by atoms with van der Waals surface area (Å²) in [6.45, 7) is 6.21. The molecule has 5 N–H and O–H groups in total. The van der Waals surface area contributed by atoms with Gasteiger partial charge in [0.05, 0.1) is 0 Å². The molecule has 1 saturated heterocycles. The number of hydrazone groups is 2. The Kier molecular flexibility index (Phi) is 6.33. The number of piperidine rings is 1. The number of benzene rings is 1. The van der Waals surface area contributed by atoms with Gasteiger partial charge in [-0.2, -0.15) is 10.2 Å². The molecule has 1 aromatic rings. The SMILES string of the molecule is C=NNC(=NN)c1ccc(NC(=O)NC2CCN(C(C)=O)CC2)cc1. The lowest BCUT2D eigenvalue weighted by atomic mass is 10.1. The van der Waals surface area contributed by atoms with E-state index in [2.05, 4.69) is 33.0 Å². The monoisotopic (exact) mass is 345 g/mol. The highest BCUT2D eigenvalue weighted by Gasteiger charge is 2.21. The number of amidine groups is 1. The molecule has 0 spiro atoms. The number of hydrogen-bond acceptors (Lipinski definition) is 5. The van der Waals surface area contributed by atoms with Gasteiger partial charge in [0.1, 0.15) is 0 Å². The van der Waals surface area contributed by atoms with Crippen molar-refractivity contribution in [2.24, 2.45) is 16.0 Å². The van der Waals surface area contributed by atoms with Crippen LogP contribution in [0.1, 0.15) is 25.3 Å². The van der Waals surface area contributed by atoms with Crippen molar-refractivity contribution in [3.05, 3.63) is 29.8 Å². The first-order chi connectivity index (χ1) is 12.0. The van der Waals surface area contributed by atoms with Crippen molar-refractivity contribution >= 4 is 30.2 Å². The summed E-state index contributed by atoms with van der Waals surface area (Å²) in [5, 5.41) is 12.8. The number of anilines is 1. The summed E-state index contributed by atoms with van der Waals surface area (Å²) < 4.78 is 0. The molecule has 134 valence electrons. The fourth-order valence-electron chi connectivity index (χ4n) is 2.65. The lowest BCUT2D eigenvalue weighted by Gasteiger charge is -2.31. The third-order valence-corrected chi connectivity index (χ3v) is 4.01. The van der Waals surface area contributed by atoms with Gasteiger partial charge in [-0.05, 0) is 37.1 Å². The van der Waals surface area contributed by atoms with Gasteiger partial charge in [0, 0.05) is 44.0 Å². The van der Waals surface area contributed by atoms with Gasteiger partial charge in [-0.25, -0.2) is 4.79 Å². The molecule has 0 aliphatic carbocycles. The molecule has 25 heavy (non-hydrogen) atoms. The van der Waals surface area contributed by atoms with E-state index in [-0.39, 0.29) is 18.0 Å². The van der Waals surface area contributed by atoms with Crippen molar-refractivity contribution in [3.8, 4) is 0 Å². The molecule has 0 atom stereocenters. The predicted octanol–water partition coefficient (Wildman–Crippen LogP) is 0.644. The Morgan fingerprint density at radius 3 is 2.40 bits per heavy atom. The Labute approximate surface area is 146 Å². The Hall–Kier alpha value is -3.10. The van der Waals surface area contributed by atoms with E-state index in [0.717, 1.165) is 18.4 Å². The normalized spacial score (nSPS) is 15.4. The van der Waals surface area contributed by atoms with Crippen molar-refractivity contribution in [2.45, 2.75) is 25.8 Å². The van der Waals surface area contributed by atoms with E-state index in [1.165, 1.54) is 0 Å². The van der Waals surface area contributed by atoms with Crippen LogP contribution < -0.4 is 21.9 Å². The van der Waals surface area contributed by atoms with Crippen molar-refractivity contribution in [1.29, 1.82) is 0 Å². The molecule has 0 saturated carbocycles. The quantitative estimate of drug-likeness (QED) is 0.277. The first kappa shape index (κ1) is 18.2. The molecule has 1 heterocycles. The fourth-order valence-corrected chi connectivity index (χ4v) is 2.65. The second-order valence-electron chi connectivity index (χ2n) is 5.70. The van der Waals surface area contributed by atoms with Crippen molar-refractivity contribution in [2.75, 3.05) is 18.4 Å². The molecular weight excluding hydrogens is 322 g/mol. The maximum Gasteiger partial charge on any atom is 0.319 e. The molecule has 0 aromatic heterocycles. The van der Waals surface area contributed by atoms with Crippen LogP contribution in [0, 0.1) is 0 Å². The van der Waals surface area contributed by atoms with Crippen molar-refractivity contribution in [3.63, 3.8) is 0 Å². The molecule has 3 amide bonds. The van der Waals surface area contributed by atoms with Crippen LogP contribution in [0.25, 0.3) is 0 Å². The highest BCUT2D eigenvalue weighted by molar-refractivity contribution is 5.99. The lowest BCUT2D eigenvalue weighted by Crippen LogP contribution is -2.47. The smallest absolute Gasteiger partial charge is 0.319 e. The van der Waals surface area contributed by atoms with Crippen LogP contribution in [0.5, 0.6) is 0 Å². The molecule has 0 bridgehead atoms. The van der Waals surface area contributed by atoms with Crippen LogP contribution in [0.4, 0.5) is 10.5 Å². The van der Waals surface area contributed by atoms with Gasteiger partial charge in [-0.1, -0.05) is 0 Å². The third kappa shape index (κ3) is 5.20. The van der Waals surface area contributed by atoms with Gasteiger partial charge < -0.3 is 21.4 Å². The summed E-state index contributed by atoms with van der Waals surface area (Å²) in [6.07, 6.45) is 1.50. The van der Waals surface area contributed by atoms with Crippen molar-refractivity contribution < 1.29 is 9.59 Å². The van der Waals surface area contributed by atoms with Gasteiger partial charge in [0.25, 0.3) is 0 Å². The number of amides is 3. The molecule has 1 aliphatic heterocycles. The number of nitrogens with two attached hydrogens (primary N) is 1. The van der Waals surface area contributed by atoms with Crippen LogP contribution in [-0.2, 0) is 4.79 Å². The molecule has 1 aromatic carbocycles. The molecular formula is C16H23N7O2. The van der Waals surface area contributed by atoms with Crippen LogP contribution >= 0.6 is 0 Å². The standard InChI is InChI=1S/C16H23N7O2/c1-11(24)23-9-7-14(8-10-23)20-16(25)19-13-5-3-12(4-6-13)15(21-17)22-18-2/h3-6,14H,2,7-10,17H2,1H3,(H,21,22)(H2,19,20,25). The van der Waals surface area contributed by atoms with Crippen LogP contribution in [0.2, 0.25) is 0 Å². The largest absolute Gasteiger partial charge is 0.343 e. The minimum Gasteiger partial charge on any atom is -0.343 e. The van der Waals surface area contributed by atoms with E-state index in [4.69, 9.17) is 5.84 Å².